The number of hydrogen-bond donors (Lipinski definition) is 1. The maximum Gasteiger partial charge on any atom is 0.233 e. The molecule has 1 aromatic heterocycles. The summed E-state index contributed by atoms with van der Waals surface area (Å²) in [5.74, 6) is 0.638. The van der Waals surface area contributed by atoms with Crippen molar-refractivity contribution in [3.05, 3.63) is 52.8 Å². The highest BCUT2D eigenvalue weighted by atomic mass is 16.5. The Morgan fingerprint density at radius 3 is 2.92 bits per heavy atom. The Kier molecular flexibility index (Phi) is 3.45. The first kappa shape index (κ1) is 15.1. The SMILES string of the molecule is O=C(N1CCC(c2n[nH]c3c2COCC3)C1)C1(c2ccccc2)CC1. The van der Waals surface area contributed by atoms with E-state index in [4.69, 9.17) is 4.74 Å². The number of nitrogens with one attached hydrogen (secondary N) is 1. The molecule has 5 nitrogen and oxygen atoms in total. The number of likely N-dealkylation sites (tertiary alicyclic amines) is 1. The third kappa shape index (κ3) is 2.41. The number of fused-ring (bicyclic) bond motifs is 1. The second-order valence-corrected chi connectivity index (χ2v) is 7.55. The Morgan fingerprint density at radius 2 is 2.12 bits per heavy atom. The van der Waals surface area contributed by atoms with Crippen LogP contribution in [0.5, 0.6) is 0 Å². The molecule has 0 radical (unpaired) electrons. The van der Waals surface area contributed by atoms with Gasteiger partial charge in [0.15, 0.2) is 0 Å². The summed E-state index contributed by atoms with van der Waals surface area (Å²) in [4.78, 5) is 15.3. The fourth-order valence-corrected chi connectivity index (χ4v) is 4.45. The highest BCUT2D eigenvalue weighted by Crippen LogP contribution is 2.50. The molecule has 3 aliphatic rings. The number of H-pyrrole nitrogens is 1. The number of benzene rings is 1. The van der Waals surface area contributed by atoms with Gasteiger partial charge in [0.1, 0.15) is 0 Å². The minimum atomic E-state index is -0.260. The van der Waals surface area contributed by atoms with E-state index in [9.17, 15) is 4.79 Å². The molecule has 3 heterocycles. The molecule has 1 aliphatic carbocycles. The van der Waals surface area contributed by atoms with Gasteiger partial charge in [-0.25, -0.2) is 0 Å². The molecule has 130 valence electrons. The summed E-state index contributed by atoms with van der Waals surface area (Å²) in [5, 5.41) is 7.75. The topological polar surface area (TPSA) is 58.2 Å². The molecule has 1 aromatic carbocycles. The molecule has 2 aromatic rings. The normalized spacial score (nSPS) is 24.2. The number of amides is 1. The van der Waals surface area contributed by atoms with Gasteiger partial charge >= 0.3 is 0 Å². The lowest BCUT2D eigenvalue weighted by Gasteiger charge is -2.23. The van der Waals surface area contributed by atoms with Crippen molar-refractivity contribution in [2.75, 3.05) is 19.7 Å². The molecule has 1 atom stereocenters. The number of hydrogen-bond acceptors (Lipinski definition) is 3. The van der Waals surface area contributed by atoms with Gasteiger partial charge in [0, 0.05) is 36.7 Å². The Morgan fingerprint density at radius 1 is 1.28 bits per heavy atom. The molecule has 0 bridgehead atoms. The van der Waals surface area contributed by atoms with Crippen molar-refractivity contribution in [3.63, 3.8) is 0 Å². The van der Waals surface area contributed by atoms with Crippen molar-refractivity contribution in [1.29, 1.82) is 0 Å². The molecule has 25 heavy (non-hydrogen) atoms. The summed E-state index contributed by atoms with van der Waals surface area (Å²) in [7, 11) is 0. The van der Waals surface area contributed by atoms with E-state index < -0.39 is 0 Å². The predicted octanol–water partition coefficient (Wildman–Crippen LogP) is 2.53. The lowest BCUT2D eigenvalue weighted by Crippen LogP contribution is -2.37. The van der Waals surface area contributed by atoms with Crippen LogP contribution in [-0.4, -0.2) is 40.7 Å². The van der Waals surface area contributed by atoms with Crippen molar-refractivity contribution in [3.8, 4) is 0 Å². The van der Waals surface area contributed by atoms with E-state index >= 15 is 0 Å². The average Bonchev–Trinajstić information content (AvgIpc) is 3.13. The summed E-state index contributed by atoms with van der Waals surface area (Å²) in [6.07, 6.45) is 3.86. The van der Waals surface area contributed by atoms with Gasteiger partial charge in [-0.3, -0.25) is 9.89 Å². The molecule has 2 aliphatic heterocycles. The molecule has 1 amide bonds. The minimum Gasteiger partial charge on any atom is -0.376 e. The van der Waals surface area contributed by atoms with Crippen LogP contribution in [-0.2, 0) is 28.0 Å². The zero-order valence-corrected chi connectivity index (χ0v) is 14.3. The molecule has 5 heteroatoms. The van der Waals surface area contributed by atoms with Crippen LogP contribution in [0.3, 0.4) is 0 Å². The number of ether oxygens (including phenoxy) is 1. The van der Waals surface area contributed by atoms with Crippen LogP contribution in [0.1, 0.15) is 47.7 Å². The second kappa shape index (κ2) is 5.70. The molecule has 1 unspecified atom stereocenters. The van der Waals surface area contributed by atoms with Crippen molar-refractivity contribution in [2.45, 2.75) is 43.6 Å². The van der Waals surface area contributed by atoms with Gasteiger partial charge in [-0.2, -0.15) is 5.10 Å². The third-order valence-electron chi connectivity index (χ3n) is 6.08. The van der Waals surface area contributed by atoms with Crippen LogP contribution in [0.2, 0.25) is 0 Å². The molecule has 1 saturated carbocycles. The average molecular weight is 337 g/mol. The molecule has 1 N–H and O–H groups in total. The van der Waals surface area contributed by atoms with E-state index in [2.05, 4.69) is 27.2 Å². The molecule has 2 fully saturated rings. The van der Waals surface area contributed by atoms with Crippen molar-refractivity contribution < 1.29 is 9.53 Å². The monoisotopic (exact) mass is 337 g/mol. The summed E-state index contributed by atoms with van der Waals surface area (Å²) in [6.45, 7) is 3.04. The maximum atomic E-state index is 13.2. The van der Waals surface area contributed by atoms with E-state index in [1.807, 2.05) is 18.2 Å². The number of carbonyl (C=O) groups excluding carboxylic acids is 1. The van der Waals surface area contributed by atoms with Crippen LogP contribution in [0.25, 0.3) is 0 Å². The van der Waals surface area contributed by atoms with E-state index in [1.165, 1.54) is 16.8 Å². The number of aromatic amines is 1. The minimum absolute atomic E-state index is 0.260. The smallest absolute Gasteiger partial charge is 0.233 e. The molecule has 1 saturated heterocycles. The second-order valence-electron chi connectivity index (χ2n) is 7.55. The van der Waals surface area contributed by atoms with E-state index in [1.54, 1.807) is 0 Å². The Labute approximate surface area is 147 Å². The lowest BCUT2D eigenvalue weighted by molar-refractivity contribution is -0.132. The fraction of sp³-hybridized carbons (Fsp3) is 0.500. The Hall–Kier alpha value is -2.14. The molecule has 0 spiro atoms. The largest absolute Gasteiger partial charge is 0.376 e. The van der Waals surface area contributed by atoms with Gasteiger partial charge in [0.2, 0.25) is 5.91 Å². The predicted molar refractivity (Wildman–Crippen MR) is 93.2 cm³/mol. The van der Waals surface area contributed by atoms with Gasteiger partial charge in [-0.1, -0.05) is 30.3 Å². The number of aromatic nitrogens is 2. The number of rotatable bonds is 3. The number of carbonyl (C=O) groups is 1. The van der Waals surface area contributed by atoms with Gasteiger partial charge in [-0.15, -0.1) is 0 Å². The van der Waals surface area contributed by atoms with Gasteiger partial charge in [0.25, 0.3) is 0 Å². The van der Waals surface area contributed by atoms with Gasteiger partial charge in [-0.05, 0) is 24.8 Å². The van der Waals surface area contributed by atoms with Crippen LogP contribution in [0.4, 0.5) is 0 Å². The first-order valence-corrected chi connectivity index (χ1v) is 9.26. The van der Waals surface area contributed by atoms with E-state index in [0.717, 1.165) is 51.1 Å². The fourth-order valence-electron chi connectivity index (χ4n) is 4.45. The summed E-state index contributed by atoms with van der Waals surface area (Å²) < 4.78 is 5.61. The quantitative estimate of drug-likeness (QED) is 0.936. The van der Waals surface area contributed by atoms with E-state index in [-0.39, 0.29) is 5.41 Å². The zero-order valence-electron chi connectivity index (χ0n) is 14.3. The van der Waals surface area contributed by atoms with Crippen molar-refractivity contribution >= 4 is 5.91 Å². The van der Waals surface area contributed by atoms with Crippen LogP contribution >= 0.6 is 0 Å². The molecular weight excluding hydrogens is 314 g/mol. The molecule has 5 rings (SSSR count). The van der Waals surface area contributed by atoms with Crippen LogP contribution < -0.4 is 0 Å². The first-order valence-electron chi connectivity index (χ1n) is 9.26. The molecular formula is C20H23N3O2. The van der Waals surface area contributed by atoms with Crippen molar-refractivity contribution in [2.24, 2.45) is 0 Å². The van der Waals surface area contributed by atoms with Crippen LogP contribution in [0, 0.1) is 0 Å². The van der Waals surface area contributed by atoms with Crippen LogP contribution in [0.15, 0.2) is 30.3 Å². The standard InChI is InChI=1S/C20H23N3O2/c24-19(20(8-9-20)15-4-2-1-3-5-15)23-10-6-14(12-23)18-16-13-25-11-7-17(16)21-22-18/h1-5,14H,6-13H2,(H,21,22). The lowest BCUT2D eigenvalue weighted by atomic mass is 9.94. The number of nitrogens with zero attached hydrogens (tertiary/aromatic N) is 2. The van der Waals surface area contributed by atoms with Crippen molar-refractivity contribution in [1.82, 2.24) is 15.1 Å². The summed E-state index contributed by atoms with van der Waals surface area (Å²) >= 11 is 0. The third-order valence-corrected chi connectivity index (χ3v) is 6.08. The Balaban J connectivity index is 1.34. The van der Waals surface area contributed by atoms with E-state index in [0.29, 0.717) is 18.4 Å². The van der Waals surface area contributed by atoms with Gasteiger partial charge < -0.3 is 9.64 Å². The maximum absolute atomic E-state index is 13.2. The zero-order chi connectivity index (χ0) is 16.9. The highest BCUT2D eigenvalue weighted by molar-refractivity contribution is 5.91. The highest BCUT2D eigenvalue weighted by Gasteiger charge is 2.53. The summed E-state index contributed by atoms with van der Waals surface area (Å²) in [6, 6.07) is 10.3. The first-order chi connectivity index (χ1) is 12.3. The summed E-state index contributed by atoms with van der Waals surface area (Å²) in [5.41, 5.74) is 4.48. The van der Waals surface area contributed by atoms with Gasteiger partial charge in [0.05, 0.1) is 24.3 Å². The Bertz CT molecular complexity index is 795.